The normalized spacial score (nSPS) is 22.5. The summed E-state index contributed by atoms with van der Waals surface area (Å²) in [5, 5.41) is 10.1. The fourth-order valence-corrected chi connectivity index (χ4v) is 2.86. The van der Waals surface area contributed by atoms with Gasteiger partial charge in [0.05, 0.1) is 19.6 Å². The van der Waals surface area contributed by atoms with E-state index in [2.05, 4.69) is 11.7 Å². The molecule has 5 heteroatoms. The average Bonchev–Trinajstić information content (AvgIpc) is 2.82. The molecule has 0 spiro atoms. The van der Waals surface area contributed by atoms with Crippen molar-refractivity contribution in [2.45, 2.75) is 64.4 Å². The van der Waals surface area contributed by atoms with Gasteiger partial charge >= 0.3 is 5.97 Å². The van der Waals surface area contributed by atoms with Crippen LogP contribution in [0.5, 0.6) is 0 Å². The molecule has 0 heterocycles. The third-order valence-electron chi connectivity index (χ3n) is 4.30. The fourth-order valence-electron chi connectivity index (χ4n) is 2.86. The van der Waals surface area contributed by atoms with Crippen molar-refractivity contribution in [3.05, 3.63) is 23.8 Å². The van der Waals surface area contributed by atoms with Crippen LogP contribution in [0.1, 0.15) is 58.3 Å². The molecule has 1 saturated carbocycles. The number of aliphatic hydroxyl groups excluding tert-OH is 1. The lowest BCUT2D eigenvalue weighted by Gasteiger charge is -2.14. The number of hydrogen-bond acceptors (Lipinski definition) is 5. The standard InChI is InChI=1S/C19H28O5/c1-3-4-5-8-14(20)11-12-16-15(17(21)13-18(16)22)9-6-7-10-19(23)24-2/h6-7,9,16,18,22H,3-5,8,10-13H2,1-2H3/b7-6+,15-9-/t16-,18-/m1/s1. The Morgan fingerprint density at radius 1 is 1.29 bits per heavy atom. The highest BCUT2D eigenvalue weighted by Gasteiger charge is 2.36. The van der Waals surface area contributed by atoms with Crippen LogP contribution in [0.2, 0.25) is 0 Å². The third kappa shape index (κ3) is 6.79. The summed E-state index contributed by atoms with van der Waals surface area (Å²) in [5.74, 6) is -0.545. The first kappa shape index (κ1) is 20.3. The Balaban J connectivity index is 2.57. The number of unbranched alkanes of at least 4 members (excludes halogenated alkanes) is 2. The number of carbonyl (C=O) groups is 3. The maximum atomic E-state index is 12.0. The van der Waals surface area contributed by atoms with Crippen molar-refractivity contribution in [2.24, 2.45) is 5.92 Å². The van der Waals surface area contributed by atoms with E-state index in [0.717, 1.165) is 19.3 Å². The Labute approximate surface area is 143 Å². The average molecular weight is 336 g/mol. The topological polar surface area (TPSA) is 80.7 Å². The molecule has 0 aromatic heterocycles. The summed E-state index contributed by atoms with van der Waals surface area (Å²) < 4.78 is 4.53. The van der Waals surface area contributed by atoms with E-state index in [1.165, 1.54) is 7.11 Å². The van der Waals surface area contributed by atoms with Crippen LogP contribution in [0.15, 0.2) is 23.8 Å². The van der Waals surface area contributed by atoms with Gasteiger partial charge < -0.3 is 9.84 Å². The van der Waals surface area contributed by atoms with Crippen LogP contribution in [0.4, 0.5) is 0 Å². The van der Waals surface area contributed by atoms with Gasteiger partial charge in [-0.3, -0.25) is 14.4 Å². The Hall–Kier alpha value is -1.75. The van der Waals surface area contributed by atoms with Crippen LogP contribution in [-0.2, 0) is 19.1 Å². The molecule has 0 bridgehead atoms. The molecule has 0 aromatic carbocycles. The molecule has 0 amide bonds. The van der Waals surface area contributed by atoms with E-state index in [1.807, 2.05) is 0 Å². The van der Waals surface area contributed by atoms with Gasteiger partial charge in [-0.25, -0.2) is 0 Å². The number of allylic oxidation sites excluding steroid dienone is 2. The van der Waals surface area contributed by atoms with E-state index in [4.69, 9.17) is 0 Å². The second-order valence-corrected chi connectivity index (χ2v) is 6.17. The smallest absolute Gasteiger partial charge is 0.309 e. The Kier molecular flexibility index (Phi) is 9.23. The first-order chi connectivity index (χ1) is 11.5. The van der Waals surface area contributed by atoms with E-state index in [1.54, 1.807) is 18.2 Å². The van der Waals surface area contributed by atoms with Crippen LogP contribution in [0.3, 0.4) is 0 Å². The van der Waals surface area contributed by atoms with Crippen molar-refractivity contribution in [3.8, 4) is 0 Å². The molecule has 2 atom stereocenters. The summed E-state index contributed by atoms with van der Waals surface area (Å²) in [6, 6.07) is 0. The van der Waals surface area contributed by atoms with Gasteiger partial charge in [0.15, 0.2) is 5.78 Å². The molecule has 1 N–H and O–H groups in total. The number of ketones is 2. The SMILES string of the molecule is CCCCCC(=O)CC[C@@H]1/C(=C/C=C/CC(=O)OC)C(=O)C[C@H]1O. The molecule has 5 nitrogen and oxygen atoms in total. The van der Waals surface area contributed by atoms with E-state index < -0.39 is 6.10 Å². The quantitative estimate of drug-likeness (QED) is 0.377. The highest BCUT2D eigenvalue weighted by molar-refractivity contribution is 5.99. The summed E-state index contributed by atoms with van der Waals surface area (Å²) in [4.78, 5) is 34.9. The zero-order valence-corrected chi connectivity index (χ0v) is 14.6. The number of aliphatic hydroxyl groups is 1. The zero-order chi connectivity index (χ0) is 17.9. The molecule has 1 rings (SSSR count). The highest BCUT2D eigenvalue weighted by Crippen LogP contribution is 2.32. The number of methoxy groups -OCH3 is 1. The zero-order valence-electron chi connectivity index (χ0n) is 14.6. The number of rotatable bonds is 10. The number of Topliss-reactive ketones (excluding diaryl/α,β-unsaturated/α-hetero) is 2. The minimum atomic E-state index is -0.721. The van der Waals surface area contributed by atoms with Crippen molar-refractivity contribution >= 4 is 17.5 Å². The first-order valence-corrected chi connectivity index (χ1v) is 8.66. The molecular weight excluding hydrogens is 308 g/mol. The van der Waals surface area contributed by atoms with E-state index in [0.29, 0.717) is 24.8 Å². The lowest BCUT2D eigenvalue weighted by molar-refractivity contribution is -0.139. The van der Waals surface area contributed by atoms with Gasteiger partial charge in [-0.2, -0.15) is 0 Å². The molecule has 1 aliphatic rings. The number of esters is 1. The number of hydrogen-bond donors (Lipinski definition) is 1. The maximum absolute atomic E-state index is 12.0. The lowest BCUT2D eigenvalue weighted by Crippen LogP contribution is -2.16. The van der Waals surface area contributed by atoms with E-state index >= 15 is 0 Å². The third-order valence-corrected chi connectivity index (χ3v) is 4.30. The van der Waals surface area contributed by atoms with Crippen LogP contribution in [0, 0.1) is 5.92 Å². The molecule has 0 aliphatic heterocycles. The molecule has 0 unspecified atom stereocenters. The van der Waals surface area contributed by atoms with Crippen molar-refractivity contribution in [1.82, 2.24) is 0 Å². The van der Waals surface area contributed by atoms with Crippen molar-refractivity contribution in [2.75, 3.05) is 7.11 Å². The molecule has 24 heavy (non-hydrogen) atoms. The van der Waals surface area contributed by atoms with Crippen molar-refractivity contribution < 1.29 is 24.2 Å². The maximum Gasteiger partial charge on any atom is 0.309 e. The molecular formula is C19H28O5. The highest BCUT2D eigenvalue weighted by atomic mass is 16.5. The van der Waals surface area contributed by atoms with Gasteiger partial charge in [0.25, 0.3) is 0 Å². The van der Waals surface area contributed by atoms with E-state index in [-0.39, 0.29) is 36.3 Å². The number of carbonyl (C=O) groups excluding carboxylic acids is 3. The first-order valence-electron chi connectivity index (χ1n) is 8.66. The second-order valence-electron chi connectivity index (χ2n) is 6.17. The van der Waals surface area contributed by atoms with Gasteiger partial charge in [-0.15, -0.1) is 0 Å². The molecule has 0 saturated heterocycles. The second kappa shape index (κ2) is 10.9. The Morgan fingerprint density at radius 3 is 2.71 bits per heavy atom. The summed E-state index contributed by atoms with van der Waals surface area (Å²) in [5.41, 5.74) is 0.546. The summed E-state index contributed by atoms with van der Waals surface area (Å²) >= 11 is 0. The van der Waals surface area contributed by atoms with Crippen LogP contribution >= 0.6 is 0 Å². The van der Waals surface area contributed by atoms with Gasteiger partial charge in [0, 0.05) is 30.8 Å². The Morgan fingerprint density at radius 2 is 2.04 bits per heavy atom. The van der Waals surface area contributed by atoms with Crippen LogP contribution in [-0.4, -0.2) is 35.9 Å². The van der Waals surface area contributed by atoms with Crippen LogP contribution < -0.4 is 0 Å². The number of ether oxygens (including phenoxy) is 1. The molecule has 0 radical (unpaired) electrons. The van der Waals surface area contributed by atoms with E-state index in [9.17, 15) is 19.5 Å². The minimum Gasteiger partial charge on any atom is -0.469 e. The monoisotopic (exact) mass is 336 g/mol. The minimum absolute atomic E-state index is 0.0892. The van der Waals surface area contributed by atoms with Gasteiger partial charge in [-0.05, 0) is 12.8 Å². The van der Waals surface area contributed by atoms with Crippen molar-refractivity contribution in [3.63, 3.8) is 0 Å². The Bertz CT molecular complexity index is 504. The molecule has 134 valence electrons. The fraction of sp³-hybridized carbons (Fsp3) is 0.632. The van der Waals surface area contributed by atoms with Crippen molar-refractivity contribution in [1.29, 1.82) is 0 Å². The summed E-state index contributed by atoms with van der Waals surface area (Å²) in [7, 11) is 1.32. The van der Waals surface area contributed by atoms with Crippen LogP contribution in [0.25, 0.3) is 0 Å². The van der Waals surface area contributed by atoms with Gasteiger partial charge in [0.2, 0.25) is 0 Å². The lowest BCUT2D eigenvalue weighted by atomic mass is 9.92. The van der Waals surface area contributed by atoms with Gasteiger partial charge in [-0.1, -0.05) is 38.0 Å². The summed E-state index contributed by atoms with van der Waals surface area (Å²) in [6.45, 7) is 2.09. The molecule has 1 fully saturated rings. The largest absolute Gasteiger partial charge is 0.469 e. The predicted molar refractivity (Wildman–Crippen MR) is 91.4 cm³/mol. The molecule has 1 aliphatic carbocycles. The molecule has 0 aromatic rings. The van der Waals surface area contributed by atoms with Gasteiger partial charge in [0.1, 0.15) is 5.78 Å². The predicted octanol–water partition coefficient (Wildman–Crippen LogP) is 2.91. The summed E-state index contributed by atoms with van der Waals surface area (Å²) in [6.07, 6.45) is 8.90.